The smallest absolute Gasteiger partial charge is 0.238 e. The molecule has 4 atom stereocenters. The highest BCUT2D eigenvalue weighted by Gasteiger charge is 2.56. The molecule has 1 aliphatic heterocycles. The van der Waals surface area contributed by atoms with Crippen LogP contribution in [0, 0.1) is 17.8 Å². The van der Waals surface area contributed by atoms with Gasteiger partial charge in [0.05, 0.1) is 29.1 Å². The molecule has 0 spiro atoms. The van der Waals surface area contributed by atoms with Crippen LogP contribution in [0.4, 0.5) is 5.69 Å². The Balaban J connectivity index is 1.51. The molecular weight excluding hydrogens is 586 g/mol. The van der Waals surface area contributed by atoms with Crippen molar-refractivity contribution in [3.63, 3.8) is 0 Å². The second kappa shape index (κ2) is 9.31. The van der Waals surface area contributed by atoms with Gasteiger partial charge in [-0.3, -0.25) is 24.1 Å². The van der Waals surface area contributed by atoms with Gasteiger partial charge >= 0.3 is 0 Å². The fourth-order valence-corrected chi connectivity index (χ4v) is 7.09. The van der Waals surface area contributed by atoms with E-state index in [0.29, 0.717) is 43.9 Å². The van der Waals surface area contributed by atoms with Crippen molar-refractivity contribution in [1.82, 2.24) is 0 Å². The van der Waals surface area contributed by atoms with E-state index in [4.69, 9.17) is 16.3 Å². The summed E-state index contributed by atoms with van der Waals surface area (Å²) in [5, 5.41) is 10.9. The van der Waals surface area contributed by atoms with Crippen molar-refractivity contribution in [3.8, 4) is 11.5 Å². The van der Waals surface area contributed by atoms with Crippen LogP contribution in [-0.2, 0) is 19.2 Å². The largest absolute Gasteiger partial charge is 0.503 e. The fourth-order valence-electron chi connectivity index (χ4n) is 6.50. The van der Waals surface area contributed by atoms with Gasteiger partial charge in [0.2, 0.25) is 11.8 Å². The number of hydrogen-bond donors (Lipinski definition) is 1. The summed E-state index contributed by atoms with van der Waals surface area (Å²) in [6.07, 6.45) is 3.83. The number of imide groups is 1. The van der Waals surface area contributed by atoms with Crippen LogP contribution in [0.25, 0.3) is 0 Å². The molecule has 3 aliphatic carbocycles. The van der Waals surface area contributed by atoms with Gasteiger partial charge in [0.25, 0.3) is 0 Å². The maximum absolute atomic E-state index is 13.9. The van der Waals surface area contributed by atoms with Gasteiger partial charge in [-0.1, -0.05) is 23.3 Å². The number of ketones is 2. The summed E-state index contributed by atoms with van der Waals surface area (Å²) in [5.41, 5.74) is 3.01. The van der Waals surface area contributed by atoms with Gasteiger partial charge in [-0.15, -0.1) is 0 Å². The van der Waals surface area contributed by atoms with Crippen LogP contribution in [0.2, 0.25) is 5.02 Å². The monoisotopic (exact) mass is 607 g/mol. The van der Waals surface area contributed by atoms with Gasteiger partial charge in [0.15, 0.2) is 23.1 Å². The number of Topliss-reactive ketones (excluding diaryl/α,β-unsaturated/α-hetero) is 1. The number of phenolic OH excluding ortho intramolecular Hbond substituents is 1. The lowest BCUT2D eigenvalue weighted by molar-refractivity contribution is -0.123. The van der Waals surface area contributed by atoms with Gasteiger partial charge in [0, 0.05) is 27.7 Å². The van der Waals surface area contributed by atoms with Gasteiger partial charge < -0.3 is 9.84 Å². The Bertz CT molecular complexity index is 1590. The third-order valence-electron chi connectivity index (χ3n) is 8.25. The number of fused-ring (bicyclic) bond motifs is 3. The van der Waals surface area contributed by atoms with Crippen LogP contribution in [0.1, 0.15) is 31.2 Å². The predicted octanol–water partition coefficient (Wildman–Crippen LogP) is 5.45. The normalized spacial score (nSPS) is 26.2. The number of carbonyl (C=O) groups is 4. The second-order valence-corrected chi connectivity index (χ2v) is 11.6. The van der Waals surface area contributed by atoms with Crippen molar-refractivity contribution in [1.29, 1.82) is 0 Å². The molecule has 4 unspecified atom stereocenters. The minimum Gasteiger partial charge on any atom is -0.503 e. The Hall–Kier alpha value is -3.49. The summed E-state index contributed by atoms with van der Waals surface area (Å²) in [7, 11) is 1.43. The standard InChI is InChI=1S/C30H23BrClNO6/c1-13-9-22(34)20-12-19-17(24(26(20)27(13)35)14-10-21(31)28(36)23(11-14)39-2)7-8-18-25(19)30(38)33(29(18)37)16-5-3-15(32)4-6-16/h3-7,9-11,18-19,24-25,36H,8,12H2,1-2H3. The van der Waals surface area contributed by atoms with E-state index in [-0.39, 0.29) is 41.3 Å². The lowest BCUT2D eigenvalue weighted by Gasteiger charge is -2.42. The lowest BCUT2D eigenvalue weighted by Crippen LogP contribution is -2.39. The summed E-state index contributed by atoms with van der Waals surface area (Å²) < 4.78 is 5.75. The van der Waals surface area contributed by atoms with E-state index in [1.54, 1.807) is 43.3 Å². The zero-order valence-corrected chi connectivity index (χ0v) is 23.4. The third-order valence-corrected chi connectivity index (χ3v) is 9.11. The van der Waals surface area contributed by atoms with Crippen LogP contribution >= 0.6 is 27.5 Å². The summed E-state index contributed by atoms with van der Waals surface area (Å²) in [5.74, 6) is -3.31. The van der Waals surface area contributed by atoms with Gasteiger partial charge in [0.1, 0.15) is 0 Å². The van der Waals surface area contributed by atoms with Crippen molar-refractivity contribution >= 4 is 56.6 Å². The van der Waals surface area contributed by atoms with E-state index in [1.807, 2.05) is 6.08 Å². The first-order chi connectivity index (χ1) is 18.6. The van der Waals surface area contributed by atoms with Gasteiger partial charge in [-0.05, 0) is 89.7 Å². The predicted molar refractivity (Wildman–Crippen MR) is 148 cm³/mol. The third kappa shape index (κ3) is 3.84. The highest BCUT2D eigenvalue weighted by molar-refractivity contribution is 9.10. The topological polar surface area (TPSA) is 101 Å². The first-order valence-electron chi connectivity index (χ1n) is 12.5. The van der Waals surface area contributed by atoms with Gasteiger partial charge in [-0.25, -0.2) is 0 Å². The number of carbonyl (C=O) groups excluding carboxylic acids is 4. The molecular formula is C30H23BrClNO6. The number of hydrogen-bond acceptors (Lipinski definition) is 6. The van der Waals surface area contributed by atoms with Gasteiger partial charge in [-0.2, -0.15) is 0 Å². The average Bonchev–Trinajstić information content (AvgIpc) is 3.18. The van der Waals surface area contributed by atoms with Crippen LogP contribution in [0.15, 0.2) is 75.3 Å². The molecule has 7 nitrogen and oxygen atoms in total. The number of anilines is 1. The molecule has 198 valence electrons. The van der Waals surface area contributed by atoms with E-state index in [0.717, 1.165) is 5.57 Å². The quantitative estimate of drug-likeness (QED) is 0.283. The Morgan fingerprint density at radius 2 is 1.77 bits per heavy atom. The van der Waals surface area contributed by atoms with E-state index in [2.05, 4.69) is 15.9 Å². The Morgan fingerprint density at radius 3 is 2.46 bits per heavy atom. The molecule has 0 bridgehead atoms. The number of allylic oxidation sites excluding steroid dienone is 6. The van der Waals surface area contributed by atoms with Crippen LogP contribution < -0.4 is 9.64 Å². The lowest BCUT2D eigenvalue weighted by atomic mass is 9.59. The van der Waals surface area contributed by atoms with Crippen molar-refractivity contribution < 1.29 is 29.0 Å². The van der Waals surface area contributed by atoms with Crippen LogP contribution in [0.3, 0.4) is 0 Å². The fraction of sp³-hybridized carbons (Fsp3) is 0.267. The zero-order chi connectivity index (χ0) is 27.7. The number of rotatable bonds is 3. The number of halogens is 2. The molecule has 0 saturated carbocycles. The van der Waals surface area contributed by atoms with Crippen molar-refractivity contribution in [2.45, 2.75) is 25.7 Å². The molecule has 0 aromatic heterocycles. The summed E-state index contributed by atoms with van der Waals surface area (Å²) >= 11 is 9.40. The van der Waals surface area contributed by atoms with Crippen molar-refractivity contribution in [3.05, 3.63) is 85.9 Å². The SMILES string of the molecule is COc1cc(C2C3=CCC4C(=O)N(c5ccc(Cl)cc5)C(=O)C4C3CC3=C2C(=O)C(C)=CC3=O)cc(Br)c1O. The summed E-state index contributed by atoms with van der Waals surface area (Å²) in [4.78, 5) is 55.5. The van der Waals surface area contributed by atoms with E-state index >= 15 is 0 Å². The number of phenols is 1. The first-order valence-corrected chi connectivity index (χ1v) is 13.7. The Morgan fingerprint density at radius 1 is 1.05 bits per heavy atom. The van der Waals surface area contributed by atoms with Crippen molar-refractivity contribution in [2.24, 2.45) is 17.8 Å². The molecule has 0 radical (unpaired) electrons. The van der Waals surface area contributed by atoms with Crippen molar-refractivity contribution in [2.75, 3.05) is 12.0 Å². The number of methoxy groups -OCH3 is 1. The molecule has 1 heterocycles. The maximum atomic E-state index is 13.9. The number of aromatic hydroxyl groups is 1. The minimum absolute atomic E-state index is 0.0854. The molecule has 2 aromatic rings. The van der Waals surface area contributed by atoms with Crippen LogP contribution in [0.5, 0.6) is 11.5 Å². The zero-order valence-electron chi connectivity index (χ0n) is 21.0. The molecule has 39 heavy (non-hydrogen) atoms. The summed E-state index contributed by atoms with van der Waals surface area (Å²) in [6, 6.07) is 9.91. The van der Waals surface area contributed by atoms with E-state index in [1.165, 1.54) is 18.1 Å². The molecule has 1 saturated heterocycles. The Kier molecular flexibility index (Phi) is 6.15. The number of nitrogens with zero attached hydrogens (tertiary/aromatic N) is 1. The molecule has 2 amide bonds. The number of ether oxygens (including phenoxy) is 1. The molecule has 1 fully saturated rings. The molecule has 1 N–H and O–H groups in total. The highest BCUT2D eigenvalue weighted by atomic mass is 79.9. The second-order valence-electron chi connectivity index (χ2n) is 10.3. The minimum atomic E-state index is -0.679. The first kappa shape index (κ1) is 25.8. The Labute approximate surface area is 237 Å². The number of benzene rings is 2. The molecule has 9 heteroatoms. The van der Waals surface area contributed by atoms with E-state index < -0.39 is 23.7 Å². The summed E-state index contributed by atoms with van der Waals surface area (Å²) in [6.45, 7) is 1.62. The molecule has 6 rings (SSSR count). The van der Waals surface area contributed by atoms with Crippen LogP contribution in [-0.4, -0.2) is 35.6 Å². The van der Waals surface area contributed by atoms with E-state index in [9.17, 15) is 24.3 Å². The number of amides is 2. The highest BCUT2D eigenvalue weighted by Crippen LogP contribution is 2.56. The average molecular weight is 609 g/mol. The molecule has 2 aromatic carbocycles. The molecule has 4 aliphatic rings. The maximum Gasteiger partial charge on any atom is 0.238 e.